The summed E-state index contributed by atoms with van der Waals surface area (Å²) >= 11 is 3.53. The van der Waals surface area contributed by atoms with E-state index < -0.39 is 0 Å². The number of rotatable bonds is 3. The summed E-state index contributed by atoms with van der Waals surface area (Å²) in [7, 11) is 0. The Morgan fingerprint density at radius 1 is 1.00 bits per heavy atom. The molecule has 4 heterocycles. The monoisotopic (exact) mass is 379 g/mol. The van der Waals surface area contributed by atoms with E-state index in [0.717, 1.165) is 54.6 Å². The van der Waals surface area contributed by atoms with Crippen LogP contribution in [0.1, 0.15) is 25.0 Å². The van der Waals surface area contributed by atoms with Gasteiger partial charge in [-0.15, -0.1) is 0 Å². The molecule has 0 radical (unpaired) electrons. The molecular formula is C16H22BrN5O. The molecule has 4 rings (SSSR count). The summed E-state index contributed by atoms with van der Waals surface area (Å²) in [6.07, 6.45) is 8.10. The van der Waals surface area contributed by atoms with Crippen LogP contribution >= 0.6 is 15.9 Å². The highest BCUT2D eigenvalue weighted by Gasteiger charge is 2.19. The molecule has 2 aromatic rings. The van der Waals surface area contributed by atoms with E-state index in [9.17, 15) is 0 Å². The van der Waals surface area contributed by atoms with E-state index in [1.807, 2.05) is 6.20 Å². The number of hydrogen-bond donors (Lipinski definition) is 0. The van der Waals surface area contributed by atoms with E-state index in [1.165, 1.54) is 32.4 Å². The highest BCUT2D eigenvalue weighted by Crippen LogP contribution is 2.23. The zero-order chi connectivity index (χ0) is 15.6. The minimum absolute atomic E-state index is 0.752. The minimum atomic E-state index is 0.752. The Morgan fingerprint density at radius 2 is 1.78 bits per heavy atom. The standard InChI is InChI=1S/C16H22BrN5O/c17-14-12-22-11-13(10-20-4-2-1-3-5-20)18-15(22)16(19-14)21-6-8-23-9-7-21/h11-12H,1-10H2. The van der Waals surface area contributed by atoms with Gasteiger partial charge in [0.25, 0.3) is 0 Å². The number of likely N-dealkylation sites (tertiary alicyclic amines) is 1. The Hall–Kier alpha value is -1.18. The van der Waals surface area contributed by atoms with Crippen LogP contribution in [0.3, 0.4) is 0 Å². The number of halogens is 1. The second-order valence-corrected chi connectivity index (χ2v) is 7.10. The number of fused-ring (bicyclic) bond motifs is 1. The summed E-state index contributed by atoms with van der Waals surface area (Å²) in [5.74, 6) is 0.951. The molecule has 0 amide bonds. The van der Waals surface area contributed by atoms with Crippen LogP contribution in [0, 0.1) is 0 Å². The van der Waals surface area contributed by atoms with E-state index >= 15 is 0 Å². The predicted octanol–water partition coefficient (Wildman–Crippen LogP) is 2.31. The van der Waals surface area contributed by atoms with Crippen molar-refractivity contribution in [2.24, 2.45) is 0 Å². The largest absolute Gasteiger partial charge is 0.378 e. The van der Waals surface area contributed by atoms with Crippen molar-refractivity contribution in [1.82, 2.24) is 19.3 Å². The smallest absolute Gasteiger partial charge is 0.180 e. The first-order chi connectivity index (χ1) is 11.3. The molecule has 2 aliphatic rings. The minimum Gasteiger partial charge on any atom is -0.378 e. The van der Waals surface area contributed by atoms with Crippen molar-refractivity contribution in [1.29, 1.82) is 0 Å². The maximum atomic E-state index is 5.45. The predicted molar refractivity (Wildman–Crippen MR) is 92.8 cm³/mol. The Balaban J connectivity index is 1.63. The van der Waals surface area contributed by atoms with Gasteiger partial charge in [-0.3, -0.25) is 4.90 Å². The van der Waals surface area contributed by atoms with Gasteiger partial charge in [-0.2, -0.15) is 0 Å². The lowest BCUT2D eigenvalue weighted by Crippen LogP contribution is -2.37. The SMILES string of the molecule is Brc1cn2cc(CN3CCCCC3)nc2c(N2CCOCC2)n1. The maximum absolute atomic E-state index is 5.45. The lowest BCUT2D eigenvalue weighted by Gasteiger charge is -2.28. The molecule has 0 spiro atoms. The fourth-order valence-electron chi connectivity index (χ4n) is 3.41. The molecule has 0 atom stereocenters. The maximum Gasteiger partial charge on any atom is 0.180 e. The molecule has 2 fully saturated rings. The van der Waals surface area contributed by atoms with Gasteiger partial charge in [0.15, 0.2) is 11.5 Å². The topological polar surface area (TPSA) is 45.9 Å². The number of morpholine rings is 1. The summed E-state index contributed by atoms with van der Waals surface area (Å²) < 4.78 is 8.39. The van der Waals surface area contributed by atoms with E-state index in [2.05, 4.69) is 41.3 Å². The third kappa shape index (κ3) is 3.36. The molecule has 6 nitrogen and oxygen atoms in total. The average molecular weight is 380 g/mol. The number of ether oxygens (including phenoxy) is 1. The molecule has 2 saturated heterocycles. The van der Waals surface area contributed by atoms with Gasteiger partial charge in [0, 0.05) is 32.0 Å². The van der Waals surface area contributed by atoms with Crippen LogP contribution in [0.2, 0.25) is 0 Å². The lowest BCUT2D eigenvalue weighted by atomic mass is 10.1. The molecule has 0 saturated carbocycles. The zero-order valence-electron chi connectivity index (χ0n) is 13.2. The van der Waals surface area contributed by atoms with Crippen molar-refractivity contribution >= 4 is 27.4 Å². The van der Waals surface area contributed by atoms with Crippen molar-refractivity contribution in [3.05, 3.63) is 22.7 Å². The molecule has 2 aliphatic heterocycles. The summed E-state index contributed by atoms with van der Waals surface area (Å²) in [6, 6.07) is 0. The summed E-state index contributed by atoms with van der Waals surface area (Å²) in [4.78, 5) is 14.3. The van der Waals surface area contributed by atoms with Gasteiger partial charge in [0.05, 0.1) is 18.9 Å². The van der Waals surface area contributed by atoms with Gasteiger partial charge >= 0.3 is 0 Å². The van der Waals surface area contributed by atoms with Crippen LogP contribution in [0.25, 0.3) is 5.65 Å². The Bertz CT molecular complexity index is 676. The van der Waals surface area contributed by atoms with Crippen LogP contribution in [0.15, 0.2) is 17.0 Å². The normalized spacial score (nSPS) is 20.3. The molecular weight excluding hydrogens is 358 g/mol. The Kier molecular flexibility index (Phi) is 4.50. The quantitative estimate of drug-likeness (QED) is 0.818. The second-order valence-electron chi connectivity index (χ2n) is 6.29. The molecule has 0 aromatic carbocycles. The number of aromatic nitrogens is 3. The van der Waals surface area contributed by atoms with Crippen molar-refractivity contribution < 1.29 is 4.74 Å². The molecule has 0 unspecified atom stereocenters. The van der Waals surface area contributed by atoms with Gasteiger partial charge in [0.2, 0.25) is 0 Å². The zero-order valence-corrected chi connectivity index (χ0v) is 14.8. The average Bonchev–Trinajstić information content (AvgIpc) is 2.98. The number of piperidine rings is 1. The van der Waals surface area contributed by atoms with Crippen LogP contribution in [0.5, 0.6) is 0 Å². The number of nitrogens with zero attached hydrogens (tertiary/aromatic N) is 5. The third-order valence-electron chi connectivity index (χ3n) is 4.59. The van der Waals surface area contributed by atoms with Crippen molar-refractivity contribution in [3.63, 3.8) is 0 Å². The molecule has 0 bridgehead atoms. The first-order valence-corrected chi connectivity index (χ1v) is 9.18. The van der Waals surface area contributed by atoms with Gasteiger partial charge in [-0.1, -0.05) is 6.42 Å². The highest BCUT2D eigenvalue weighted by molar-refractivity contribution is 9.10. The van der Waals surface area contributed by atoms with Gasteiger partial charge in [-0.25, -0.2) is 9.97 Å². The third-order valence-corrected chi connectivity index (χ3v) is 4.97. The van der Waals surface area contributed by atoms with E-state index in [0.29, 0.717) is 0 Å². The van der Waals surface area contributed by atoms with Crippen LogP contribution in [-0.2, 0) is 11.3 Å². The summed E-state index contributed by atoms with van der Waals surface area (Å²) in [5, 5.41) is 0. The summed E-state index contributed by atoms with van der Waals surface area (Å²) in [5.41, 5.74) is 2.07. The van der Waals surface area contributed by atoms with E-state index in [-0.39, 0.29) is 0 Å². The van der Waals surface area contributed by atoms with Gasteiger partial charge < -0.3 is 14.0 Å². The van der Waals surface area contributed by atoms with Crippen LogP contribution in [-0.4, -0.2) is 58.7 Å². The van der Waals surface area contributed by atoms with E-state index in [4.69, 9.17) is 9.72 Å². The van der Waals surface area contributed by atoms with Gasteiger partial charge in [-0.05, 0) is 41.9 Å². The van der Waals surface area contributed by atoms with Crippen LogP contribution in [0.4, 0.5) is 5.82 Å². The van der Waals surface area contributed by atoms with Gasteiger partial charge in [0.1, 0.15) is 4.60 Å². The number of hydrogen-bond acceptors (Lipinski definition) is 5. The number of anilines is 1. The lowest BCUT2D eigenvalue weighted by molar-refractivity contribution is 0.122. The molecule has 2 aromatic heterocycles. The van der Waals surface area contributed by atoms with Crippen molar-refractivity contribution in [3.8, 4) is 0 Å². The Morgan fingerprint density at radius 3 is 2.57 bits per heavy atom. The Labute approximate surface area is 144 Å². The second kappa shape index (κ2) is 6.75. The van der Waals surface area contributed by atoms with E-state index in [1.54, 1.807) is 0 Å². The number of imidazole rings is 1. The molecule has 0 N–H and O–H groups in total. The molecule has 0 aliphatic carbocycles. The fourth-order valence-corrected chi connectivity index (χ4v) is 3.80. The summed E-state index contributed by atoms with van der Waals surface area (Å²) in [6.45, 7) is 6.55. The molecule has 7 heteroatoms. The highest BCUT2D eigenvalue weighted by atomic mass is 79.9. The molecule has 124 valence electrons. The fraction of sp³-hybridized carbons (Fsp3) is 0.625. The van der Waals surface area contributed by atoms with Crippen LogP contribution < -0.4 is 4.90 Å². The first-order valence-electron chi connectivity index (χ1n) is 8.39. The van der Waals surface area contributed by atoms with Crippen molar-refractivity contribution in [2.75, 3.05) is 44.3 Å². The first kappa shape index (κ1) is 15.4. The molecule has 23 heavy (non-hydrogen) atoms. The van der Waals surface area contributed by atoms with Crippen molar-refractivity contribution in [2.45, 2.75) is 25.8 Å².